The molecule has 26 heavy (non-hydrogen) atoms. The number of rotatable bonds is 7. The van der Waals surface area contributed by atoms with E-state index in [2.05, 4.69) is 10.6 Å². The summed E-state index contributed by atoms with van der Waals surface area (Å²) in [6.45, 7) is 7.41. The molecule has 0 aromatic heterocycles. The number of urea groups is 1. The first kappa shape index (κ1) is 19.8. The van der Waals surface area contributed by atoms with Gasteiger partial charge in [0.25, 0.3) is 5.91 Å². The number of carbonyl (C=O) groups excluding carboxylic acids is 3. The molecule has 1 heterocycles. The van der Waals surface area contributed by atoms with Crippen molar-refractivity contribution in [3.05, 3.63) is 29.8 Å². The maximum atomic E-state index is 13.0. The number of ether oxygens (including phenoxy) is 1. The SMILES string of the molecule is CC[C@@]1(c2ccc(OC)cc2)NC(=O)N(CC(=O)N[C@@H](C)C(C)C)C1=O. The molecule has 1 aliphatic heterocycles. The number of hydrogen-bond donors (Lipinski definition) is 2. The van der Waals surface area contributed by atoms with E-state index < -0.39 is 17.5 Å². The predicted molar refractivity (Wildman–Crippen MR) is 97.7 cm³/mol. The van der Waals surface area contributed by atoms with Gasteiger partial charge >= 0.3 is 6.03 Å². The average Bonchev–Trinajstić information content (AvgIpc) is 2.86. The highest BCUT2D eigenvalue weighted by atomic mass is 16.5. The van der Waals surface area contributed by atoms with Crippen LogP contribution in [0.2, 0.25) is 0 Å². The topological polar surface area (TPSA) is 87.7 Å². The smallest absolute Gasteiger partial charge is 0.325 e. The van der Waals surface area contributed by atoms with Gasteiger partial charge in [-0.1, -0.05) is 32.9 Å². The van der Waals surface area contributed by atoms with Crippen molar-refractivity contribution in [1.29, 1.82) is 0 Å². The van der Waals surface area contributed by atoms with Crippen molar-refractivity contribution in [2.45, 2.75) is 45.7 Å². The molecule has 2 N–H and O–H groups in total. The Hall–Kier alpha value is -2.57. The van der Waals surface area contributed by atoms with Gasteiger partial charge in [-0.3, -0.25) is 14.5 Å². The van der Waals surface area contributed by atoms with E-state index in [1.807, 2.05) is 27.7 Å². The third-order valence-corrected chi connectivity index (χ3v) is 4.98. The highest BCUT2D eigenvalue weighted by molar-refractivity contribution is 6.09. The molecular formula is C19H27N3O4. The molecule has 2 rings (SSSR count). The molecule has 0 radical (unpaired) electrons. The van der Waals surface area contributed by atoms with E-state index in [9.17, 15) is 14.4 Å². The fourth-order valence-corrected chi connectivity index (χ4v) is 2.89. The van der Waals surface area contributed by atoms with Gasteiger partial charge in [-0.25, -0.2) is 4.79 Å². The molecule has 7 nitrogen and oxygen atoms in total. The van der Waals surface area contributed by atoms with Crippen LogP contribution in [0.15, 0.2) is 24.3 Å². The third kappa shape index (κ3) is 3.66. The van der Waals surface area contributed by atoms with E-state index in [-0.39, 0.29) is 24.4 Å². The standard InChI is InChI=1S/C19H27N3O4/c1-6-19(14-7-9-15(26-5)10-8-14)17(24)22(18(25)21-19)11-16(23)20-13(4)12(2)3/h7-10,12-13H,6,11H2,1-5H3,(H,20,23)(H,21,25)/t13-,19-/m0/s1. The summed E-state index contributed by atoms with van der Waals surface area (Å²) in [6, 6.07) is 6.40. The summed E-state index contributed by atoms with van der Waals surface area (Å²) in [5.41, 5.74) is -0.495. The van der Waals surface area contributed by atoms with Crippen LogP contribution in [0.5, 0.6) is 5.75 Å². The van der Waals surface area contributed by atoms with E-state index in [0.29, 0.717) is 17.7 Å². The average molecular weight is 361 g/mol. The number of nitrogens with one attached hydrogen (secondary N) is 2. The molecule has 1 aromatic rings. The molecule has 2 atom stereocenters. The summed E-state index contributed by atoms with van der Waals surface area (Å²) in [5, 5.41) is 5.59. The minimum absolute atomic E-state index is 0.0409. The summed E-state index contributed by atoms with van der Waals surface area (Å²) in [5.74, 6) is 0.158. The molecule has 0 saturated carbocycles. The third-order valence-electron chi connectivity index (χ3n) is 4.98. The lowest BCUT2D eigenvalue weighted by Gasteiger charge is -2.26. The zero-order chi connectivity index (χ0) is 19.5. The Morgan fingerprint density at radius 3 is 2.35 bits per heavy atom. The van der Waals surface area contributed by atoms with Crippen LogP contribution in [0.3, 0.4) is 0 Å². The molecule has 4 amide bonds. The van der Waals surface area contributed by atoms with Crippen molar-refractivity contribution in [2.24, 2.45) is 5.92 Å². The van der Waals surface area contributed by atoms with Crippen LogP contribution in [-0.4, -0.2) is 42.4 Å². The van der Waals surface area contributed by atoms with Crippen LogP contribution in [0.4, 0.5) is 4.79 Å². The quantitative estimate of drug-likeness (QED) is 0.727. The van der Waals surface area contributed by atoms with Crippen LogP contribution in [0.25, 0.3) is 0 Å². The Kier molecular flexibility index (Phi) is 5.90. The normalized spacial score (nSPS) is 20.9. The van der Waals surface area contributed by atoms with Crippen molar-refractivity contribution in [3.8, 4) is 5.75 Å². The van der Waals surface area contributed by atoms with Gasteiger partial charge in [-0.15, -0.1) is 0 Å². The number of amides is 4. The molecule has 1 aromatic carbocycles. The second-order valence-corrected chi connectivity index (χ2v) is 6.91. The first-order valence-electron chi connectivity index (χ1n) is 8.83. The van der Waals surface area contributed by atoms with Gasteiger partial charge in [0, 0.05) is 6.04 Å². The monoisotopic (exact) mass is 361 g/mol. The fourth-order valence-electron chi connectivity index (χ4n) is 2.89. The highest BCUT2D eigenvalue weighted by Gasteiger charge is 2.51. The first-order chi connectivity index (χ1) is 12.2. The van der Waals surface area contributed by atoms with E-state index in [1.54, 1.807) is 31.4 Å². The van der Waals surface area contributed by atoms with Crippen molar-refractivity contribution in [2.75, 3.05) is 13.7 Å². The van der Waals surface area contributed by atoms with Crippen molar-refractivity contribution < 1.29 is 19.1 Å². The molecular weight excluding hydrogens is 334 g/mol. The Balaban J connectivity index is 2.20. The van der Waals surface area contributed by atoms with Gasteiger partial charge in [0.15, 0.2) is 0 Å². The Labute approximate surface area is 154 Å². The van der Waals surface area contributed by atoms with Gasteiger partial charge in [0.05, 0.1) is 7.11 Å². The van der Waals surface area contributed by atoms with Gasteiger partial charge in [0.1, 0.15) is 17.8 Å². The number of carbonyl (C=O) groups is 3. The second-order valence-electron chi connectivity index (χ2n) is 6.91. The summed E-state index contributed by atoms with van der Waals surface area (Å²) >= 11 is 0. The van der Waals surface area contributed by atoms with Gasteiger partial charge in [-0.05, 0) is 37.0 Å². The lowest BCUT2D eigenvalue weighted by atomic mass is 9.87. The minimum atomic E-state index is -1.16. The van der Waals surface area contributed by atoms with E-state index >= 15 is 0 Å². The summed E-state index contributed by atoms with van der Waals surface area (Å²) < 4.78 is 5.14. The second kappa shape index (κ2) is 7.76. The number of benzene rings is 1. The van der Waals surface area contributed by atoms with Crippen LogP contribution in [0.1, 0.15) is 39.7 Å². The molecule has 1 saturated heterocycles. The van der Waals surface area contributed by atoms with Gasteiger partial charge < -0.3 is 15.4 Å². The molecule has 0 bridgehead atoms. The van der Waals surface area contributed by atoms with Crippen molar-refractivity contribution >= 4 is 17.8 Å². The number of nitrogens with zero attached hydrogens (tertiary/aromatic N) is 1. The fraction of sp³-hybridized carbons (Fsp3) is 0.526. The number of hydrogen-bond acceptors (Lipinski definition) is 4. The van der Waals surface area contributed by atoms with Crippen LogP contribution >= 0.6 is 0 Å². The minimum Gasteiger partial charge on any atom is -0.497 e. The van der Waals surface area contributed by atoms with Crippen molar-refractivity contribution in [1.82, 2.24) is 15.5 Å². The molecule has 0 unspecified atom stereocenters. The largest absolute Gasteiger partial charge is 0.497 e. The van der Waals surface area contributed by atoms with Gasteiger partial charge in [0.2, 0.25) is 5.91 Å². The Morgan fingerprint density at radius 2 is 1.85 bits per heavy atom. The summed E-state index contributed by atoms with van der Waals surface area (Å²) in [7, 11) is 1.56. The molecule has 0 spiro atoms. The zero-order valence-electron chi connectivity index (χ0n) is 16.0. The first-order valence-corrected chi connectivity index (χ1v) is 8.83. The number of imide groups is 1. The van der Waals surface area contributed by atoms with E-state index in [1.165, 1.54) is 0 Å². The lowest BCUT2D eigenvalue weighted by molar-refractivity contribution is -0.135. The molecule has 7 heteroatoms. The van der Waals surface area contributed by atoms with E-state index in [0.717, 1.165) is 4.90 Å². The number of methoxy groups -OCH3 is 1. The predicted octanol–water partition coefficient (Wildman–Crippen LogP) is 2.01. The zero-order valence-corrected chi connectivity index (χ0v) is 16.0. The molecule has 1 fully saturated rings. The molecule has 1 aliphatic rings. The highest BCUT2D eigenvalue weighted by Crippen LogP contribution is 2.33. The molecule has 0 aliphatic carbocycles. The van der Waals surface area contributed by atoms with Crippen LogP contribution < -0.4 is 15.4 Å². The van der Waals surface area contributed by atoms with E-state index in [4.69, 9.17) is 4.74 Å². The van der Waals surface area contributed by atoms with Crippen molar-refractivity contribution in [3.63, 3.8) is 0 Å². The summed E-state index contributed by atoms with van der Waals surface area (Å²) in [4.78, 5) is 38.6. The van der Waals surface area contributed by atoms with Crippen LogP contribution in [0, 0.1) is 5.92 Å². The Bertz CT molecular complexity index is 687. The Morgan fingerprint density at radius 1 is 1.23 bits per heavy atom. The maximum Gasteiger partial charge on any atom is 0.325 e. The summed E-state index contributed by atoms with van der Waals surface area (Å²) in [6.07, 6.45) is 0.379. The maximum absolute atomic E-state index is 13.0. The van der Waals surface area contributed by atoms with Crippen LogP contribution in [-0.2, 0) is 15.1 Å². The molecule has 142 valence electrons. The lowest BCUT2D eigenvalue weighted by Crippen LogP contribution is -2.46. The van der Waals surface area contributed by atoms with Gasteiger partial charge in [-0.2, -0.15) is 0 Å².